The average molecular weight is 469 g/mol. The third-order valence-corrected chi connectivity index (χ3v) is 6.12. The molecule has 2 fully saturated rings. The Bertz CT molecular complexity index is 932. The summed E-state index contributed by atoms with van der Waals surface area (Å²) in [4.78, 5) is 16.1. The van der Waals surface area contributed by atoms with E-state index in [1.807, 2.05) is 9.80 Å². The largest absolute Gasteiger partial charge is 0.459 e. The molecule has 1 amide bonds. The van der Waals surface area contributed by atoms with Crippen molar-refractivity contribution >= 4 is 11.6 Å². The molecule has 2 aliphatic heterocycles. The number of anilines is 1. The molecule has 11 heteroatoms. The molecule has 0 saturated carbocycles. The zero-order chi connectivity index (χ0) is 23.6. The maximum atomic E-state index is 13.1. The van der Waals surface area contributed by atoms with E-state index in [4.69, 9.17) is 9.15 Å². The Labute approximate surface area is 188 Å². The molecule has 0 radical (unpaired) electrons. The number of aliphatic hydroxyl groups excluding tert-OH is 2. The smallest absolute Gasteiger partial charge is 0.416 e. The normalized spacial score (nSPS) is 26.5. The van der Waals surface area contributed by atoms with Gasteiger partial charge in [0.15, 0.2) is 5.76 Å². The number of nitrogens with one attached hydrogen (secondary N) is 1. The second-order valence-electron chi connectivity index (χ2n) is 8.14. The number of amides is 1. The molecule has 180 valence electrons. The maximum Gasteiger partial charge on any atom is 0.416 e. The summed E-state index contributed by atoms with van der Waals surface area (Å²) in [7, 11) is 0. The number of benzene rings is 1. The van der Waals surface area contributed by atoms with Crippen LogP contribution in [0.4, 0.5) is 18.9 Å². The lowest BCUT2D eigenvalue weighted by atomic mass is 10.0. The number of furan rings is 1. The van der Waals surface area contributed by atoms with Crippen molar-refractivity contribution in [1.82, 2.24) is 10.2 Å². The Kier molecular flexibility index (Phi) is 6.94. The summed E-state index contributed by atoms with van der Waals surface area (Å²) in [6.45, 7) is 1.60. The van der Waals surface area contributed by atoms with E-state index >= 15 is 0 Å². The summed E-state index contributed by atoms with van der Waals surface area (Å²) in [5, 5.41) is 23.0. The van der Waals surface area contributed by atoms with Gasteiger partial charge in [-0.2, -0.15) is 13.2 Å². The van der Waals surface area contributed by atoms with Gasteiger partial charge in [-0.3, -0.25) is 9.69 Å². The molecule has 0 bridgehead atoms. The fraction of sp³-hybridized carbons (Fsp3) is 0.500. The summed E-state index contributed by atoms with van der Waals surface area (Å²) in [6.07, 6.45) is -5.35. The Morgan fingerprint density at radius 3 is 2.52 bits per heavy atom. The van der Waals surface area contributed by atoms with E-state index in [9.17, 15) is 28.2 Å². The quantitative estimate of drug-likeness (QED) is 0.588. The minimum atomic E-state index is -4.41. The average Bonchev–Trinajstić information content (AvgIpc) is 3.45. The molecule has 0 spiro atoms. The predicted molar refractivity (Wildman–Crippen MR) is 112 cm³/mol. The third kappa shape index (κ3) is 5.16. The minimum absolute atomic E-state index is 0.103. The highest BCUT2D eigenvalue weighted by Crippen LogP contribution is 2.32. The molecule has 1 aromatic carbocycles. The monoisotopic (exact) mass is 469 g/mol. The van der Waals surface area contributed by atoms with Crippen LogP contribution in [0.2, 0.25) is 0 Å². The van der Waals surface area contributed by atoms with E-state index in [0.717, 1.165) is 12.1 Å². The highest BCUT2D eigenvalue weighted by Gasteiger charge is 2.47. The van der Waals surface area contributed by atoms with Crippen LogP contribution in [0.1, 0.15) is 16.1 Å². The lowest BCUT2D eigenvalue weighted by Crippen LogP contribution is -2.57. The Hall–Kier alpha value is -2.60. The van der Waals surface area contributed by atoms with Crippen LogP contribution in [0, 0.1) is 0 Å². The zero-order valence-electron chi connectivity index (χ0n) is 17.7. The van der Waals surface area contributed by atoms with Crippen LogP contribution in [-0.4, -0.2) is 84.7 Å². The molecule has 4 rings (SSSR count). The van der Waals surface area contributed by atoms with Crippen LogP contribution in [0.15, 0.2) is 47.1 Å². The SMILES string of the molecule is O=C(NCC1OC(CO)C(O)C1N1CCN(c2cccc(C(F)(F)F)c2)CC1)c1ccco1. The summed E-state index contributed by atoms with van der Waals surface area (Å²) in [6, 6.07) is 7.86. The molecule has 3 N–H and O–H groups in total. The maximum absolute atomic E-state index is 13.1. The molecular formula is C22H26F3N3O5. The minimum Gasteiger partial charge on any atom is -0.459 e. The molecule has 4 unspecified atom stereocenters. The van der Waals surface area contributed by atoms with E-state index in [1.165, 1.54) is 18.4 Å². The zero-order valence-corrected chi connectivity index (χ0v) is 17.7. The van der Waals surface area contributed by atoms with E-state index in [-0.39, 0.29) is 18.9 Å². The van der Waals surface area contributed by atoms with Crippen LogP contribution in [0.25, 0.3) is 0 Å². The number of nitrogens with zero attached hydrogens (tertiary/aromatic N) is 2. The number of halogens is 3. The van der Waals surface area contributed by atoms with Gasteiger partial charge in [0.2, 0.25) is 0 Å². The van der Waals surface area contributed by atoms with Crippen molar-refractivity contribution < 1.29 is 37.3 Å². The first-order valence-corrected chi connectivity index (χ1v) is 10.7. The first-order chi connectivity index (χ1) is 15.8. The number of ether oxygens (including phenoxy) is 1. The van der Waals surface area contributed by atoms with E-state index in [0.29, 0.717) is 31.9 Å². The highest BCUT2D eigenvalue weighted by atomic mass is 19.4. The Balaban J connectivity index is 1.40. The van der Waals surface area contributed by atoms with Gasteiger partial charge in [0, 0.05) is 38.4 Å². The molecule has 3 heterocycles. The molecular weight excluding hydrogens is 443 g/mol. The first-order valence-electron chi connectivity index (χ1n) is 10.7. The van der Waals surface area contributed by atoms with Gasteiger partial charge in [0.05, 0.1) is 30.6 Å². The lowest BCUT2D eigenvalue weighted by Gasteiger charge is -2.41. The van der Waals surface area contributed by atoms with Crippen molar-refractivity contribution in [3.63, 3.8) is 0 Å². The van der Waals surface area contributed by atoms with Crippen molar-refractivity contribution in [3.05, 3.63) is 54.0 Å². The fourth-order valence-corrected chi connectivity index (χ4v) is 4.44. The number of carbonyl (C=O) groups excluding carboxylic acids is 1. The van der Waals surface area contributed by atoms with Gasteiger partial charge in [0.25, 0.3) is 5.91 Å². The molecule has 0 aliphatic carbocycles. The molecule has 4 atom stereocenters. The van der Waals surface area contributed by atoms with E-state index < -0.39 is 42.0 Å². The van der Waals surface area contributed by atoms with Crippen molar-refractivity contribution in [2.45, 2.75) is 30.5 Å². The van der Waals surface area contributed by atoms with Crippen LogP contribution in [0.5, 0.6) is 0 Å². The van der Waals surface area contributed by atoms with Crippen LogP contribution in [0.3, 0.4) is 0 Å². The summed E-state index contributed by atoms with van der Waals surface area (Å²) >= 11 is 0. The summed E-state index contributed by atoms with van der Waals surface area (Å²) < 4.78 is 50.0. The molecule has 8 nitrogen and oxygen atoms in total. The number of alkyl halides is 3. The standard InChI is InChI=1S/C22H26F3N3O5/c23-22(24,25)14-3-1-4-15(11-14)27-6-8-28(9-7-27)19-17(33-18(13-29)20(19)30)12-26-21(31)16-5-2-10-32-16/h1-5,10-11,17-20,29-30H,6-9,12-13H2,(H,26,31). The molecule has 33 heavy (non-hydrogen) atoms. The molecule has 2 aliphatic rings. The van der Waals surface area contributed by atoms with Gasteiger partial charge in [-0.05, 0) is 30.3 Å². The van der Waals surface area contributed by atoms with Crippen molar-refractivity contribution in [2.24, 2.45) is 0 Å². The lowest BCUT2D eigenvalue weighted by molar-refractivity contribution is -0.137. The van der Waals surface area contributed by atoms with Crippen molar-refractivity contribution in [1.29, 1.82) is 0 Å². The predicted octanol–water partition coefficient (Wildman–Crippen LogP) is 1.34. The van der Waals surface area contributed by atoms with Crippen molar-refractivity contribution in [2.75, 3.05) is 44.2 Å². The van der Waals surface area contributed by atoms with Crippen LogP contribution >= 0.6 is 0 Å². The molecule has 2 aromatic rings. The van der Waals surface area contributed by atoms with Gasteiger partial charge in [-0.25, -0.2) is 0 Å². The van der Waals surface area contributed by atoms with Crippen molar-refractivity contribution in [3.8, 4) is 0 Å². The number of hydrogen-bond acceptors (Lipinski definition) is 7. The first kappa shape index (κ1) is 23.6. The number of piperazine rings is 1. The van der Waals surface area contributed by atoms with Gasteiger partial charge >= 0.3 is 6.18 Å². The van der Waals surface area contributed by atoms with E-state index in [2.05, 4.69) is 5.32 Å². The second-order valence-corrected chi connectivity index (χ2v) is 8.14. The third-order valence-electron chi connectivity index (χ3n) is 6.12. The van der Waals surface area contributed by atoms with Gasteiger partial charge in [-0.1, -0.05) is 6.07 Å². The van der Waals surface area contributed by atoms with Gasteiger partial charge in [-0.15, -0.1) is 0 Å². The Morgan fingerprint density at radius 2 is 1.88 bits per heavy atom. The van der Waals surface area contributed by atoms with E-state index in [1.54, 1.807) is 12.1 Å². The highest BCUT2D eigenvalue weighted by molar-refractivity contribution is 5.91. The Morgan fingerprint density at radius 1 is 1.12 bits per heavy atom. The summed E-state index contributed by atoms with van der Waals surface area (Å²) in [5.74, 6) is -0.267. The second kappa shape index (κ2) is 9.72. The summed E-state index contributed by atoms with van der Waals surface area (Å²) in [5.41, 5.74) is -0.205. The number of carbonyl (C=O) groups is 1. The number of aliphatic hydroxyl groups is 2. The fourth-order valence-electron chi connectivity index (χ4n) is 4.44. The van der Waals surface area contributed by atoms with Crippen LogP contribution < -0.4 is 10.2 Å². The van der Waals surface area contributed by atoms with Crippen LogP contribution in [-0.2, 0) is 10.9 Å². The van der Waals surface area contributed by atoms with Gasteiger partial charge in [0.1, 0.15) is 12.2 Å². The number of rotatable bonds is 6. The topological polar surface area (TPSA) is 98.4 Å². The molecule has 2 saturated heterocycles. The van der Waals surface area contributed by atoms with Gasteiger partial charge < -0.3 is 29.6 Å². The molecule has 1 aromatic heterocycles. The number of hydrogen-bond donors (Lipinski definition) is 3.